The first-order valence-corrected chi connectivity index (χ1v) is 8.44. The minimum absolute atomic E-state index is 0.162. The van der Waals surface area contributed by atoms with Crippen LogP contribution >= 0.6 is 0 Å². The number of nitro benzene ring substituents is 1. The number of morpholine rings is 1. The number of aliphatic carboxylic acids is 1. The molecule has 1 N–H and O–H groups in total. The van der Waals surface area contributed by atoms with E-state index in [0.29, 0.717) is 0 Å². The molecule has 1 heterocycles. The van der Waals surface area contributed by atoms with Crippen molar-refractivity contribution in [2.24, 2.45) is 0 Å². The van der Waals surface area contributed by atoms with Crippen LogP contribution in [-0.4, -0.2) is 57.9 Å². The number of hydrogen-bond acceptors (Lipinski definition) is 6. The minimum Gasteiger partial charge on any atom is -0.480 e. The largest absolute Gasteiger partial charge is 0.480 e. The SMILES string of the molecule is CC(C)(C)OC(=O)N1C[C@@H](/C=C/c2c(F)cccc2[N+](=O)[O-])OC[C@H]1C(=O)O. The van der Waals surface area contributed by atoms with E-state index < -0.39 is 46.2 Å². The molecular formula is C18H21FN2O7. The summed E-state index contributed by atoms with van der Waals surface area (Å²) in [6, 6.07) is 2.24. The van der Waals surface area contributed by atoms with E-state index in [1.807, 2.05) is 0 Å². The van der Waals surface area contributed by atoms with Crippen molar-refractivity contribution < 1.29 is 33.5 Å². The van der Waals surface area contributed by atoms with Gasteiger partial charge in [-0.15, -0.1) is 0 Å². The van der Waals surface area contributed by atoms with Crippen LogP contribution in [0.15, 0.2) is 24.3 Å². The number of benzene rings is 1. The summed E-state index contributed by atoms with van der Waals surface area (Å²) in [5.74, 6) is -2.04. The fourth-order valence-corrected chi connectivity index (χ4v) is 2.58. The molecule has 0 aromatic heterocycles. The van der Waals surface area contributed by atoms with E-state index in [4.69, 9.17) is 9.47 Å². The molecule has 152 valence electrons. The lowest BCUT2D eigenvalue weighted by molar-refractivity contribution is -0.385. The highest BCUT2D eigenvalue weighted by Gasteiger charge is 2.38. The molecule has 1 amide bonds. The van der Waals surface area contributed by atoms with E-state index >= 15 is 0 Å². The van der Waals surface area contributed by atoms with Gasteiger partial charge in [0.1, 0.15) is 11.4 Å². The summed E-state index contributed by atoms with van der Waals surface area (Å²) >= 11 is 0. The van der Waals surface area contributed by atoms with Crippen LogP contribution in [0.2, 0.25) is 0 Å². The zero-order valence-corrected chi connectivity index (χ0v) is 15.6. The van der Waals surface area contributed by atoms with Crippen LogP contribution in [0.4, 0.5) is 14.9 Å². The van der Waals surface area contributed by atoms with Crippen molar-refractivity contribution in [2.75, 3.05) is 13.2 Å². The van der Waals surface area contributed by atoms with Crippen molar-refractivity contribution in [1.82, 2.24) is 4.90 Å². The Morgan fingerprint density at radius 1 is 1.43 bits per heavy atom. The second-order valence-corrected chi connectivity index (χ2v) is 7.15. The van der Waals surface area contributed by atoms with Crippen LogP contribution in [0.5, 0.6) is 0 Å². The van der Waals surface area contributed by atoms with Crippen molar-refractivity contribution in [3.63, 3.8) is 0 Å². The Morgan fingerprint density at radius 2 is 2.11 bits per heavy atom. The Morgan fingerprint density at radius 3 is 2.68 bits per heavy atom. The number of hydrogen-bond donors (Lipinski definition) is 1. The van der Waals surface area contributed by atoms with Gasteiger partial charge >= 0.3 is 12.1 Å². The van der Waals surface area contributed by atoms with E-state index in [-0.39, 0.29) is 18.7 Å². The number of carboxylic acids is 1. The van der Waals surface area contributed by atoms with E-state index in [0.717, 1.165) is 17.0 Å². The Labute approximate surface area is 160 Å². The maximum atomic E-state index is 14.0. The molecule has 0 bridgehead atoms. The lowest BCUT2D eigenvalue weighted by atomic mass is 10.1. The summed E-state index contributed by atoms with van der Waals surface area (Å²) in [6.07, 6.45) is 0.925. The summed E-state index contributed by atoms with van der Waals surface area (Å²) in [5, 5.41) is 20.4. The third-order valence-electron chi connectivity index (χ3n) is 3.84. The van der Waals surface area contributed by atoms with Gasteiger partial charge in [0.25, 0.3) is 5.69 Å². The van der Waals surface area contributed by atoms with Crippen LogP contribution < -0.4 is 0 Å². The number of rotatable bonds is 4. The summed E-state index contributed by atoms with van der Waals surface area (Å²) in [6.45, 7) is 4.48. The summed E-state index contributed by atoms with van der Waals surface area (Å²) in [5.41, 5.74) is -1.47. The number of halogens is 1. The van der Waals surface area contributed by atoms with Gasteiger partial charge in [-0.3, -0.25) is 15.0 Å². The normalized spacial score (nSPS) is 20.2. The molecule has 1 saturated heterocycles. The summed E-state index contributed by atoms with van der Waals surface area (Å²) < 4.78 is 24.6. The molecule has 0 saturated carbocycles. The highest BCUT2D eigenvalue weighted by Crippen LogP contribution is 2.24. The monoisotopic (exact) mass is 396 g/mol. The molecule has 1 aliphatic heterocycles. The summed E-state index contributed by atoms with van der Waals surface area (Å²) in [7, 11) is 0. The van der Waals surface area contributed by atoms with Crippen molar-refractivity contribution in [2.45, 2.75) is 38.5 Å². The number of nitro groups is 1. The van der Waals surface area contributed by atoms with Gasteiger partial charge in [0, 0.05) is 6.07 Å². The van der Waals surface area contributed by atoms with Gasteiger partial charge in [-0.05, 0) is 32.9 Å². The predicted molar refractivity (Wildman–Crippen MR) is 96.2 cm³/mol. The van der Waals surface area contributed by atoms with Crippen LogP contribution in [0.25, 0.3) is 6.08 Å². The van der Waals surface area contributed by atoms with Gasteiger partial charge in [0.2, 0.25) is 0 Å². The number of carboxylic acid groups (broad SMARTS) is 1. The number of ether oxygens (including phenoxy) is 2. The summed E-state index contributed by atoms with van der Waals surface area (Å²) in [4.78, 5) is 35.1. The Hall–Kier alpha value is -3.01. The van der Waals surface area contributed by atoms with Crippen molar-refractivity contribution in [3.05, 3.63) is 45.8 Å². The first kappa shape index (κ1) is 21.3. The lowest BCUT2D eigenvalue weighted by Gasteiger charge is -2.37. The highest BCUT2D eigenvalue weighted by molar-refractivity contribution is 5.80. The maximum absolute atomic E-state index is 14.0. The maximum Gasteiger partial charge on any atom is 0.411 e. The molecule has 2 atom stereocenters. The quantitative estimate of drug-likeness (QED) is 0.614. The van der Waals surface area contributed by atoms with Gasteiger partial charge in [0.15, 0.2) is 6.04 Å². The zero-order chi connectivity index (χ0) is 21.1. The molecule has 28 heavy (non-hydrogen) atoms. The first-order chi connectivity index (χ1) is 13.0. The van der Waals surface area contributed by atoms with Gasteiger partial charge in [-0.2, -0.15) is 0 Å². The Bertz CT molecular complexity index is 804. The average Bonchev–Trinajstić information content (AvgIpc) is 2.58. The van der Waals surface area contributed by atoms with Crippen LogP contribution in [0.1, 0.15) is 26.3 Å². The van der Waals surface area contributed by atoms with Crippen LogP contribution in [0, 0.1) is 15.9 Å². The van der Waals surface area contributed by atoms with E-state index in [1.165, 1.54) is 18.2 Å². The standard InChI is InChI=1S/C18H21FN2O7/c1-18(2,3)28-17(24)20-9-11(27-10-15(20)16(22)23)7-8-12-13(19)5-4-6-14(12)21(25)26/h4-8,11,15H,9-10H2,1-3H3,(H,22,23)/b8-7+/t11-,15+/m1/s1. The molecule has 10 heteroatoms. The van der Waals surface area contributed by atoms with Crippen LogP contribution in [0.3, 0.4) is 0 Å². The van der Waals surface area contributed by atoms with Gasteiger partial charge in [0.05, 0.1) is 29.7 Å². The molecular weight excluding hydrogens is 375 g/mol. The fourth-order valence-electron chi connectivity index (χ4n) is 2.58. The predicted octanol–water partition coefficient (Wildman–Crippen LogP) is 2.84. The molecule has 1 aromatic carbocycles. The number of nitrogens with zero attached hydrogens (tertiary/aromatic N) is 2. The fraction of sp³-hybridized carbons (Fsp3) is 0.444. The minimum atomic E-state index is -1.25. The molecule has 0 spiro atoms. The topological polar surface area (TPSA) is 119 Å². The third-order valence-corrected chi connectivity index (χ3v) is 3.84. The lowest BCUT2D eigenvalue weighted by Crippen LogP contribution is -2.56. The second-order valence-electron chi connectivity index (χ2n) is 7.15. The average molecular weight is 396 g/mol. The molecule has 1 aliphatic rings. The van der Waals surface area contributed by atoms with E-state index in [1.54, 1.807) is 20.8 Å². The third kappa shape index (κ3) is 5.26. The van der Waals surface area contributed by atoms with Crippen molar-refractivity contribution in [1.29, 1.82) is 0 Å². The molecule has 1 aromatic rings. The molecule has 0 radical (unpaired) electrons. The second kappa shape index (κ2) is 8.34. The molecule has 9 nitrogen and oxygen atoms in total. The van der Waals surface area contributed by atoms with Gasteiger partial charge in [-0.25, -0.2) is 14.0 Å². The number of carbonyl (C=O) groups is 2. The number of amides is 1. The molecule has 0 aliphatic carbocycles. The molecule has 1 fully saturated rings. The molecule has 2 rings (SSSR count). The van der Waals surface area contributed by atoms with Gasteiger partial charge in [-0.1, -0.05) is 12.1 Å². The van der Waals surface area contributed by atoms with Crippen molar-refractivity contribution in [3.8, 4) is 0 Å². The van der Waals surface area contributed by atoms with Crippen molar-refractivity contribution >= 4 is 23.8 Å². The zero-order valence-electron chi connectivity index (χ0n) is 15.6. The Kier molecular flexibility index (Phi) is 6.34. The smallest absolute Gasteiger partial charge is 0.411 e. The molecule has 0 unspecified atom stereocenters. The highest BCUT2D eigenvalue weighted by atomic mass is 19.1. The first-order valence-electron chi connectivity index (χ1n) is 8.44. The van der Waals surface area contributed by atoms with Gasteiger partial charge < -0.3 is 14.6 Å². The Balaban J connectivity index is 2.22. The number of carbonyl (C=O) groups excluding carboxylic acids is 1. The van der Waals surface area contributed by atoms with E-state index in [2.05, 4.69) is 0 Å². The van der Waals surface area contributed by atoms with Crippen LogP contribution in [-0.2, 0) is 14.3 Å². The van der Waals surface area contributed by atoms with E-state index in [9.17, 15) is 29.2 Å².